The van der Waals surface area contributed by atoms with Gasteiger partial charge in [-0.2, -0.15) is 0 Å². The van der Waals surface area contributed by atoms with Crippen molar-refractivity contribution in [2.75, 3.05) is 7.11 Å². The number of nitrogens with one attached hydrogen (secondary N) is 1. The number of ether oxygens (including phenoxy) is 1. The predicted molar refractivity (Wildman–Crippen MR) is 38.5 cm³/mol. The first kappa shape index (κ1) is 9.48. The van der Waals surface area contributed by atoms with Gasteiger partial charge in [0.05, 0.1) is 12.9 Å². The van der Waals surface area contributed by atoms with Gasteiger partial charge in [0.2, 0.25) is 0 Å². The Hall–Kier alpha value is -1.52. The highest BCUT2D eigenvalue weighted by atomic mass is 16.5. The summed E-state index contributed by atoms with van der Waals surface area (Å²) in [5.74, 6) is -0.180. The highest BCUT2D eigenvalue weighted by Crippen LogP contribution is 1.90. The number of hydrogen-bond donors (Lipinski definition) is 2. The molecule has 62 valence electrons. The van der Waals surface area contributed by atoms with Crippen LogP contribution in [0.15, 0.2) is 11.8 Å². The van der Waals surface area contributed by atoms with Crippen LogP contribution >= 0.6 is 0 Å². The third-order valence-corrected chi connectivity index (χ3v) is 0.903. The largest absolute Gasteiger partial charge is 0.501 e. The molecule has 5 heteroatoms. The molecular formula is C6H10N2O3. The predicted octanol–water partition coefficient (Wildman–Crippen LogP) is -0.268. The van der Waals surface area contributed by atoms with Crippen LogP contribution in [0.2, 0.25) is 0 Å². The van der Waals surface area contributed by atoms with Crippen LogP contribution in [-0.2, 0) is 9.53 Å². The zero-order valence-electron chi connectivity index (χ0n) is 6.38. The van der Waals surface area contributed by atoms with Crippen LogP contribution < -0.4 is 11.1 Å². The van der Waals surface area contributed by atoms with Crippen LogP contribution in [0.3, 0.4) is 0 Å². The molecule has 0 aromatic heterocycles. The highest BCUT2D eigenvalue weighted by Gasteiger charge is 1.99. The maximum atomic E-state index is 10.7. The number of amides is 3. The standard InChI is InChI=1S/C6H10N2O3/c1-4(11-2)3-5(9)8-6(7)10/h3H,1-2H3,(H3,7,8,9,10)/b4-3+. The molecule has 0 heterocycles. The SMILES string of the molecule is CO/C(C)=C/C(=O)NC(N)=O. The van der Waals surface area contributed by atoms with Gasteiger partial charge in [-0.1, -0.05) is 0 Å². The van der Waals surface area contributed by atoms with E-state index in [0.29, 0.717) is 5.76 Å². The average molecular weight is 158 g/mol. The minimum Gasteiger partial charge on any atom is -0.501 e. The Bertz CT molecular complexity index is 198. The van der Waals surface area contributed by atoms with E-state index in [2.05, 4.69) is 10.5 Å². The lowest BCUT2D eigenvalue weighted by molar-refractivity contribution is -0.115. The zero-order chi connectivity index (χ0) is 8.85. The van der Waals surface area contributed by atoms with E-state index in [1.807, 2.05) is 5.32 Å². The summed E-state index contributed by atoms with van der Waals surface area (Å²) in [6.07, 6.45) is 1.13. The molecule has 5 nitrogen and oxygen atoms in total. The molecule has 0 aromatic rings. The van der Waals surface area contributed by atoms with Crippen molar-refractivity contribution in [2.24, 2.45) is 5.73 Å². The molecule has 11 heavy (non-hydrogen) atoms. The van der Waals surface area contributed by atoms with Gasteiger partial charge in [0.25, 0.3) is 5.91 Å². The Kier molecular flexibility index (Phi) is 3.72. The quantitative estimate of drug-likeness (QED) is 0.428. The van der Waals surface area contributed by atoms with Crippen molar-refractivity contribution in [1.29, 1.82) is 0 Å². The van der Waals surface area contributed by atoms with E-state index in [1.54, 1.807) is 6.92 Å². The summed E-state index contributed by atoms with van der Waals surface area (Å²) >= 11 is 0. The summed E-state index contributed by atoms with van der Waals surface area (Å²) in [6.45, 7) is 1.58. The van der Waals surface area contributed by atoms with Crippen molar-refractivity contribution >= 4 is 11.9 Å². The monoisotopic (exact) mass is 158 g/mol. The number of urea groups is 1. The topological polar surface area (TPSA) is 81.4 Å². The van der Waals surface area contributed by atoms with E-state index < -0.39 is 11.9 Å². The average Bonchev–Trinajstić information content (AvgIpc) is 1.85. The van der Waals surface area contributed by atoms with Crippen LogP contribution in [0.4, 0.5) is 4.79 Å². The van der Waals surface area contributed by atoms with Crippen LogP contribution in [0.5, 0.6) is 0 Å². The Labute approximate surface area is 64.2 Å². The normalized spacial score (nSPS) is 10.5. The van der Waals surface area contributed by atoms with E-state index in [0.717, 1.165) is 6.08 Å². The summed E-state index contributed by atoms with van der Waals surface area (Å²) < 4.78 is 4.65. The van der Waals surface area contributed by atoms with Crippen LogP contribution in [0.25, 0.3) is 0 Å². The summed E-state index contributed by atoms with van der Waals surface area (Å²) in [5, 5.41) is 1.85. The number of carbonyl (C=O) groups excluding carboxylic acids is 2. The summed E-state index contributed by atoms with van der Waals surface area (Å²) in [5.41, 5.74) is 4.67. The molecule has 0 atom stereocenters. The second-order valence-corrected chi connectivity index (χ2v) is 1.81. The fourth-order valence-corrected chi connectivity index (χ4v) is 0.401. The number of methoxy groups -OCH3 is 1. The van der Waals surface area contributed by atoms with Gasteiger partial charge in [0, 0.05) is 6.08 Å². The minimum atomic E-state index is -0.879. The Morgan fingerprint density at radius 1 is 1.55 bits per heavy atom. The number of allylic oxidation sites excluding steroid dienone is 1. The Balaban J connectivity index is 3.96. The molecule has 0 fully saturated rings. The number of primary amides is 1. The van der Waals surface area contributed by atoms with Gasteiger partial charge in [-0.15, -0.1) is 0 Å². The van der Waals surface area contributed by atoms with Gasteiger partial charge in [-0.05, 0) is 6.92 Å². The van der Waals surface area contributed by atoms with Crippen LogP contribution in [0, 0.1) is 0 Å². The lowest BCUT2D eigenvalue weighted by Crippen LogP contribution is -2.33. The Morgan fingerprint density at radius 3 is 2.45 bits per heavy atom. The fourth-order valence-electron chi connectivity index (χ4n) is 0.401. The number of imide groups is 1. The molecule has 0 aliphatic heterocycles. The second-order valence-electron chi connectivity index (χ2n) is 1.81. The van der Waals surface area contributed by atoms with Gasteiger partial charge in [-0.3, -0.25) is 10.1 Å². The molecule has 0 aliphatic rings. The fraction of sp³-hybridized carbons (Fsp3) is 0.333. The van der Waals surface area contributed by atoms with Gasteiger partial charge in [0.1, 0.15) is 0 Å². The second kappa shape index (κ2) is 4.32. The molecule has 0 radical (unpaired) electrons. The van der Waals surface area contributed by atoms with E-state index >= 15 is 0 Å². The van der Waals surface area contributed by atoms with Crippen molar-refractivity contribution in [3.8, 4) is 0 Å². The summed E-state index contributed by atoms with van der Waals surface area (Å²) in [7, 11) is 1.42. The molecule has 0 rings (SSSR count). The smallest absolute Gasteiger partial charge is 0.319 e. The lowest BCUT2D eigenvalue weighted by atomic mass is 10.4. The maximum absolute atomic E-state index is 10.7. The number of carbonyl (C=O) groups is 2. The van der Waals surface area contributed by atoms with Gasteiger partial charge < -0.3 is 10.5 Å². The molecule has 0 bridgehead atoms. The number of rotatable bonds is 2. The first-order valence-electron chi connectivity index (χ1n) is 2.89. The van der Waals surface area contributed by atoms with E-state index in [9.17, 15) is 9.59 Å². The lowest BCUT2D eigenvalue weighted by Gasteiger charge is -1.97. The third kappa shape index (κ3) is 4.95. The minimum absolute atomic E-state index is 0.406. The van der Waals surface area contributed by atoms with Crippen molar-refractivity contribution < 1.29 is 14.3 Å². The van der Waals surface area contributed by atoms with E-state index in [-0.39, 0.29) is 0 Å². The summed E-state index contributed by atoms with van der Waals surface area (Å²) in [6, 6.07) is -0.879. The molecule has 3 amide bonds. The van der Waals surface area contributed by atoms with Gasteiger partial charge in [-0.25, -0.2) is 4.79 Å². The summed E-state index contributed by atoms with van der Waals surface area (Å²) in [4.78, 5) is 20.8. The maximum Gasteiger partial charge on any atom is 0.319 e. The first-order valence-corrected chi connectivity index (χ1v) is 2.89. The van der Waals surface area contributed by atoms with E-state index in [1.165, 1.54) is 7.11 Å². The number of hydrogen-bond acceptors (Lipinski definition) is 3. The zero-order valence-corrected chi connectivity index (χ0v) is 6.38. The Morgan fingerprint density at radius 2 is 2.09 bits per heavy atom. The third-order valence-electron chi connectivity index (χ3n) is 0.903. The first-order chi connectivity index (χ1) is 5.06. The van der Waals surface area contributed by atoms with Crippen LogP contribution in [-0.4, -0.2) is 19.0 Å². The van der Waals surface area contributed by atoms with Gasteiger partial charge >= 0.3 is 6.03 Å². The van der Waals surface area contributed by atoms with Gasteiger partial charge in [0.15, 0.2) is 0 Å². The molecule has 0 saturated carbocycles. The van der Waals surface area contributed by atoms with E-state index in [4.69, 9.17) is 0 Å². The van der Waals surface area contributed by atoms with Crippen molar-refractivity contribution in [3.05, 3.63) is 11.8 Å². The molecule has 0 aliphatic carbocycles. The molecule has 3 N–H and O–H groups in total. The van der Waals surface area contributed by atoms with Crippen molar-refractivity contribution in [2.45, 2.75) is 6.92 Å². The molecular weight excluding hydrogens is 148 g/mol. The molecule has 0 saturated heterocycles. The van der Waals surface area contributed by atoms with Crippen molar-refractivity contribution in [1.82, 2.24) is 5.32 Å². The van der Waals surface area contributed by atoms with Crippen molar-refractivity contribution in [3.63, 3.8) is 0 Å². The highest BCUT2D eigenvalue weighted by molar-refractivity contribution is 5.99. The molecule has 0 aromatic carbocycles. The number of nitrogens with two attached hydrogens (primary N) is 1. The van der Waals surface area contributed by atoms with Crippen LogP contribution in [0.1, 0.15) is 6.92 Å². The molecule has 0 unspecified atom stereocenters. The molecule has 0 spiro atoms.